The molecule has 2 atom stereocenters. The molecule has 1 fully saturated rings. The highest BCUT2D eigenvalue weighted by Crippen LogP contribution is 2.38. The highest BCUT2D eigenvalue weighted by Gasteiger charge is 2.42. The molecule has 1 aliphatic rings. The van der Waals surface area contributed by atoms with Crippen molar-refractivity contribution in [2.24, 2.45) is 22.7 Å². The zero-order chi connectivity index (χ0) is 13.1. The molecule has 0 saturated heterocycles. The average molecular weight is 249 g/mol. The minimum absolute atomic E-state index is 0.00190. The summed E-state index contributed by atoms with van der Waals surface area (Å²) >= 11 is 0. The summed E-state index contributed by atoms with van der Waals surface area (Å²) in [7, 11) is 0. The highest BCUT2D eigenvalue weighted by atomic mass is 19.3. The Morgan fingerprint density at radius 1 is 1.71 bits per heavy atom. The van der Waals surface area contributed by atoms with Gasteiger partial charge in [0, 0.05) is 31.2 Å². The fourth-order valence-corrected chi connectivity index (χ4v) is 1.77. The molecule has 1 rings (SSSR count). The van der Waals surface area contributed by atoms with Gasteiger partial charge in [0.05, 0.1) is 0 Å². The third-order valence-corrected chi connectivity index (χ3v) is 2.98. The van der Waals surface area contributed by atoms with Crippen molar-refractivity contribution < 1.29 is 18.8 Å². The van der Waals surface area contributed by atoms with Crippen LogP contribution in [0, 0.1) is 11.8 Å². The minimum atomic E-state index is -2.72. The number of alkyl halides is 2. The quantitative estimate of drug-likeness (QED) is 0.299. The molecule has 17 heavy (non-hydrogen) atoms. The molecule has 7 heteroatoms. The summed E-state index contributed by atoms with van der Waals surface area (Å²) in [5.74, 6) is -4.07. The van der Waals surface area contributed by atoms with Gasteiger partial charge in [0.15, 0.2) is 0 Å². The van der Waals surface area contributed by atoms with Gasteiger partial charge in [0.2, 0.25) is 11.8 Å². The van der Waals surface area contributed by atoms with Gasteiger partial charge >= 0.3 is 0 Å². The maximum Gasteiger partial charge on any atom is 0.248 e. The number of nitrogens with two attached hydrogens (primary N) is 1. The van der Waals surface area contributed by atoms with Gasteiger partial charge in [-0.1, -0.05) is 12.1 Å². The second-order valence-electron chi connectivity index (χ2n) is 4.47. The van der Waals surface area contributed by atoms with Crippen LogP contribution in [-0.4, -0.2) is 29.4 Å². The third-order valence-electron chi connectivity index (χ3n) is 2.98. The topological polar surface area (TPSA) is 87.7 Å². The molecular formula is C10H17F2N3O2. The number of carbonyl (C=O) groups excluding carboxylic acids is 1. The van der Waals surface area contributed by atoms with E-state index in [1.807, 2.05) is 0 Å². The van der Waals surface area contributed by atoms with E-state index in [2.05, 4.69) is 10.5 Å². The molecule has 1 saturated carbocycles. The molecule has 0 radical (unpaired) electrons. The van der Waals surface area contributed by atoms with E-state index in [4.69, 9.17) is 10.9 Å². The Morgan fingerprint density at radius 2 is 2.35 bits per heavy atom. The van der Waals surface area contributed by atoms with Crippen molar-refractivity contribution in [1.29, 1.82) is 0 Å². The summed E-state index contributed by atoms with van der Waals surface area (Å²) in [6, 6.07) is 0. The van der Waals surface area contributed by atoms with Gasteiger partial charge in [-0.05, 0) is 6.42 Å². The van der Waals surface area contributed by atoms with Crippen LogP contribution >= 0.6 is 0 Å². The van der Waals surface area contributed by atoms with Crippen LogP contribution in [0.25, 0.3) is 0 Å². The van der Waals surface area contributed by atoms with Gasteiger partial charge in [-0.2, -0.15) is 0 Å². The molecule has 1 aliphatic carbocycles. The fraction of sp³-hybridized carbons (Fsp3) is 0.800. The Bertz CT molecular complexity index is 321. The molecule has 0 aromatic carbocycles. The van der Waals surface area contributed by atoms with Crippen molar-refractivity contribution in [3.63, 3.8) is 0 Å². The van der Waals surface area contributed by atoms with Crippen molar-refractivity contribution in [3.05, 3.63) is 0 Å². The Morgan fingerprint density at radius 3 is 2.82 bits per heavy atom. The normalized spacial score (nSPS) is 25.6. The van der Waals surface area contributed by atoms with Crippen molar-refractivity contribution in [2.45, 2.75) is 32.1 Å². The van der Waals surface area contributed by atoms with E-state index in [1.54, 1.807) is 6.92 Å². The van der Waals surface area contributed by atoms with Crippen molar-refractivity contribution in [2.75, 3.05) is 6.54 Å². The first-order valence-electron chi connectivity index (χ1n) is 5.48. The van der Waals surface area contributed by atoms with Gasteiger partial charge in [-0.25, -0.2) is 8.78 Å². The number of nitrogens with zero attached hydrogens (tertiary/aromatic N) is 1. The standard InChI is InChI=1S/C10H17F2N3O2/c1-6(8(13)15-17)5-14-9(16)7-2-3-10(11,12)4-7/h6-7,17H,2-5H2,1H3,(H2,13,15)(H,14,16). The number of hydrogen-bond acceptors (Lipinski definition) is 3. The molecule has 0 aromatic rings. The fourth-order valence-electron chi connectivity index (χ4n) is 1.77. The van der Waals surface area contributed by atoms with E-state index in [0.717, 1.165) is 0 Å². The van der Waals surface area contributed by atoms with E-state index in [0.29, 0.717) is 0 Å². The molecule has 98 valence electrons. The number of halogens is 2. The first kappa shape index (κ1) is 13.7. The van der Waals surface area contributed by atoms with Crippen LogP contribution in [0.5, 0.6) is 0 Å². The smallest absolute Gasteiger partial charge is 0.248 e. The largest absolute Gasteiger partial charge is 0.409 e. The molecule has 0 bridgehead atoms. The Kier molecular flexibility index (Phi) is 4.25. The highest BCUT2D eigenvalue weighted by molar-refractivity contribution is 5.83. The van der Waals surface area contributed by atoms with Crippen LogP contribution in [0.15, 0.2) is 5.16 Å². The first-order valence-corrected chi connectivity index (χ1v) is 5.48. The monoisotopic (exact) mass is 249 g/mol. The Balaban J connectivity index is 2.36. The zero-order valence-corrected chi connectivity index (χ0v) is 9.62. The predicted octanol–water partition coefficient (Wildman–Crippen LogP) is 0.921. The summed E-state index contributed by atoms with van der Waals surface area (Å²) in [6.07, 6.45) is -0.422. The van der Waals surface area contributed by atoms with E-state index >= 15 is 0 Å². The lowest BCUT2D eigenvalue weighted by Crippen LogP contribution is -2.37. The number of rotatable bonds is 4. The van der Waals surface area contributed by atoms with Crippen LogP contribution in [0.1, 0.15) is 26.2 Å². The molecule has 2 unspecified atom stereocenters. The summed E-state index contributed by atoms with van der Waals surface area (Å²) in [4.78, 5) is 11.6. The molecule has 0 aromatic heterocycles. The lowest BCUT2D eigenvalue weighted by Gasteiger charge is -2.14. The molecular weight excluding hydrogens is 232 g/mol. The Labute approximate surface area is 98.0 Å². The lowest BCUT2D eigenvalue weighted by atomic mass is 10.1. The van der Waals surface area contributed by atoms with Crippen molar-refractivity contribution in [3.8, 4) is 0 Å². The molecule has 0 heterocycles. The summed E-state index contributed by atoms with van der Waals surface area (Å²) in [5, 5.41) is 13.7. The lowest BCUT2D eigenvalue weighted by molar-refractivity contribution is -0.125. The molecule has 5 nitrogen and oxygen atoms in total. The van der Waals surface area contributed by atoms with Crippen LogP contribution in [0.2, 0.25) is 0 Å². The van der Waals surface area contributed by atoms with Crippen molar-refractivity contribution >= 4 is 11.7 Å². The number of amides is 1. The maximum absolute atomic E-state index is 12.9. The van der Waals surface area contributed by atoms with E-state index in [9.17, 15) is 13.6 Å². The number of nitrogens with one attached hydrogen (secondary N) is 1. The van der Waals surface area contributed by atoms with Crippen LogP contribution < -0.4 is 11.1 Å². The Hall–Kier alpha value is -1.40. The second kappa shape index (κ2) is 5.29. The first-order chi connectivity index (χ1) is 7.85. The summed E-state index contributed by atoms with van der Waals surface area (Å²) < 4.78 is 25.8. The zero-order valence-electron chi connectivity index (χ0n) is 9.62. The van der Waals surface area contributed by atoms with Crippen LogP contribution in [-0.2, 0) is 4.79 Å². The number of oxime groups is 1. The van der Waals surface area contributed by atoms with Crippen LogP contribution in [0.4, 0.5) is 8.78 Å². The van der Waals surface area contributed by atoms with E-state index < -0.39 is 18.3 Å². The predicted molar refractivity (Wildman–Crippen MR) is 57.9 cm³/mol. The molecule has 1 amide bonds. The molecule has 4 N–H and O–H groups in total. The summed E-state index contributed by atoms with van der Waals surface area (Å²) in [6.45, 7) is 1.84. The number of amidine groups is 1. The van der Waals surface area contributed by atoms with Gasteiger partial charge in [0.1, 0.15) is 5.84 Å². The van der Waals surface area contributed by atoms with Gasteiger partial charge in [-0.15, -0.1) is 0 Å². The summed E-state index contributed by atoms with van der Waals surface area (Å²) in [5.41, 5.74) is 5.33. The molecule has 0 spiro atoms. The third kappa shape index (κ3) is 3.83. The maximum atomic E-state index is 12.9. The average Bonchev–Trinajstić information content (AvgIpc) is 2.64. The SMILES string of the molecule is CC(CNC(=O)C1CCC(F)(F)C1)C(N)=NO. The van der Waals surface area contributed by atoms with Gasteiger partial charge < -0.3 is 16.3 Å². The minimum Gasteiger partial charge on any atom is -0.409 e. The number of hydrogen-bond donors (Lipinski definition) is 3. The van der Waals surface area contributed by atoms with Gasteiger partial charge in [0.25, 0.3) is 0 Å². The van der Waals surface area contributed by atoms with E-state index in [1.165, 1.54) is 0 Å². The second-order valence-corrected chi connectivity index (χ2v) is 4.47. The van der Waals surface area contributed by atoms with Gasteiger partial charge in [-0.3, -0.25) is 4.79 Å². The number of carbonyl (C=O) groups is 1. The van der Waals surface area contributed by atoms with E-state index in [-0.39, 0.29) is 37.0 Å². The van der Waals surface area contributed by atoms with Crippen LogP contribution in [0.3, 0.4) is 0 Å². The van der Waals surface area contributed by atoms with Crippen molar-refractivity contribution in [1.82, 2.24) is 5.32 Å². The molecule has 0 aliphatic heterocycles.